The second-order valence-corrected chi connectivity index (χ2v) is 4.51. The highest BCUT2D eigenvalue weighted by atomic mass is 35.5. The first-order chi connectivity index (χ1) is 9.49. The highest BCUT2D eigenvalue weighted by molar-refractivity contribution is 6.32. The molecule has 5 nitrogen and oxygen atoms in total. The van der Waals surface area contributed by atoms with Gasteiger partial charge in [0.15, 0.2) is 0 Å². The molecule has 0 unspecified atom stereocenters. The van der Waals surface area contributed by atoms with E-state index in [1.807, 2.05) is 0 Å². The van der Waals surface area contributed by atoms with Crippen molar-refractivity contribution in [3.63, 3.8) is 0 Å². The van der Waals surface area contributed by atoms with Gasteiger partial charge in [-0.15, -0.1) is 0 Å². The molecular weight excluding hydrogens is 280 g/mol. The quantitative estimate of drug-likeness (QED) is 0.911. The molecule has 0 aliphatic heterocycles. The van der Waals surface area contributed by atoms with Crippen LogP contribution in [0.4, 0.5) is 5.69 Å². The van der Waals surface area contributed by atoms with E-state index in [1.54, 1.807) is 25.1 Å². The molecule has 1 aromatic heterocycles. The summed E-state index contributed by atoms with van der Waals surface area (Å²) >= 11 is 5.96. The Morgan fingerprint density at radius 1 is 1.30 bits per heavy atom. The van der Waals surface area contributed by atoms with E-state index in [-0.39, 0.29) is 11.6 Å². The Balaban J connectivity index is 2.26. The number of aromatic carboxylic acids is 1. The normalized spacial score (nSPS) is 10.1. The number of nitrogens with zero attached hydrogens (tertiary/aromatic N) is 1. The van der Waals surface area contributed by atoms with E-state index in [1.165, 1.54) is 18.3 Å². The summed E-state index contributed by atoms with van der Waals surface area (Å²) in [5.74, 6) is -1.51. The van der Waals surface area contributed by atoms with Crippen LogP contribution >= 0.6 is 11.6 Å². The molecule has 102 valence electrons. The minimum atomic E-state index is -1.15. The Kier molecular flexibility index (Phi) is 4.00. The summed E-state index contributed by atoms with van der Waals surface area (Å²) in [7, 11) is 0. The number of carbonyl (C=O) groups is 2. The number of benzene rings is 1. The summed E-state index contributed by atoms with van der Waals surface area (Å²) in [6, 6.07) is 7.84. The zero-order chi connectivity index (χ0) is 14.7. The summed E-state index contributed by atoms with van der Waals surface area (Å²) in [5.41, 5.74) is 1.33. The number of carboxylic acids is 1. The third kappa shape index (κ3) is 2.95. The Hall–Kier alpha value is -2.40. The topological polar surface area (TPSA) is 79.3 Å². The molecule has 0 aliphatic rings. The van der Waals surface area contributed by atoms with Gasteiger partial charge in [-0.05, 0) is 36.8 Å². The fourth-order valence-electron chi connectivity index (χ4n) is 1.68. The van der Waals surface area contributed by atoms with Crippen molar-refractivity contribution in [3.05, 3.63) is 58.4 Å². The fourth-order valence-corrected chi connectivity index (χ4v) is 1.85. The Labute approximate surface area is 120 Å². The van der Waals surface area contributed by atoms with E-state index < -0.39 is 5.97 Å². The number of aromatic nitrogens is 1. The van der Waals surface area contributed by atoms with Crippen molar-refractivity contribution in [3.8, 4) is 0 Å². The molecule has 0 bridgehead atoms. The van der Waals surface area contributed by atoms with Crippen LogP contribution in [0.5, 0.6) is 0 Å². The number of hydrogen-bond donors (Lipinski definition) is 2. The van der Waals surface area contributed by atoms with E-state index in [9.17, 15) is 9.59 Å². The molecule has 1 heterocycles. The highest BCUT2D eigenvalue weighted by Crippen LogP contribution is 2.20. The molecule has 0 saturated heterocycles. The first-order valence-corrected chi connectivity index (χ1v) is 6.12. The second-order valence-electron chi connectivity index (χ2n) is 4.10. The van der Waals surface area contributed by atoms with E-state index in [2.05, 4.69) is 10.3 Å². The summed E-state index contributed by atoms with van der Waals surface area (Å²) in [5, 5.41) is 12.0. The number of carboxylic acid groups (broad SMARTS) is 1. The number of rotatable bonds is 3. The van der Waals surface area contributed by atoms with Gasteiger partial charge < -0.3 is 10.4 Å². The lowest BCUT2D eigenvalue weighted by Gasteiger charge is -2.09. The number of carbonyl (C=O) groups excluding carboxylic acids is 1. The molecule has 1 aromatic carbocycles. The third-order valence-corrected chi connectivity index (χ3v) is 3.16. The Morgan fingerprint density at radius 3 is 2.75 bits per heavy atom. The number of amides is 1. The fraction of sp³-hybridized carbons (Fsp3) is 0.0714. The van der Waals surface area contributed by atoms with Gasteiger partial charge in [0, 0.05) is 22.5 Å². The molecule has 0 aliphatic carbocycles. The Bertz CT molecular complexity index is 686. The van der Waals surface area contributed by atoms with Crippen molar-refractivity contribution in [2.75, 3.05) is 5.32 Å². The average Bonchev–Trinajstić information content (AvgIpc) is 2.42. The van der Waals surface area contributed by atoms with Crippen LogP contribution in [0.25, 0.3) is 0 Å². The summed E-state index contributed by atoms with van der Waals surface area (Å²) in [6.07, 6.45) is 1.32. The lowest BCUT2D eigenvalue weighted by molar-refractivity contribution is 0.0690. The van der Waals surface area contributed by atoms with Crippen LogP contribution in [-0.2, 0) is 0 Å². The molecule has 2 aromatic rings. The molecule has 2 N–H and O–H groups in total. The molecule has 0 spiro atoms. The van der Waals surface area contributed by atoms with Crippen molar-refractivity contribution in [1.82, 2.24) is 4.98 Å². The first kappa shape index (κ1) is 14.0. The standard InChI is InChI=1S/C14H11ClN2O3/c1-8-10(3-2-4-11(8)15)13(18)17-9-5-6-16-12(7-9)14(19)20/h2-7H,1H3,(H,19,20)(H,16,17,18). The Morgan fingerprint density at radius 2 is 2.05 bits per heavy atom. The molecule has 6 heteroatoms. The summed E-state index contributed by atoms with van der Waals surface area (Å²) in [4.78, 5) is 26.6. The van der Waals surface area contributed by atoms with E-state index in [0.717, 1.165) is 0 Å². The molecule has 0 atom stereocenters. The SMILES string of the molecule is Cc1c(Cl)cccc1C(=O)Nc1ccnc(C(=O)O)c1. The van der Waals surface area contributed by atoms with Gasteiger partial charge >= 0.3 is 5.97 Å². The van der Waals surface area contributed by atoms with E-state index in [0.29, 0.717) is 21.8 Å². The molecule has 20 heavy (non-hydrogen) atoms. The predicted octanol–water partition coefficient (Wildman–Crippen LogP) is 2.99. The minimum absolute atomic E-state index is 0.134. The molecule has 1 amide bonds. The van der Waals surface area contributed by atoms with Crippen molar-refractivity contribution < 1.29 is 14.7 Å². The molecule has 0 fully saturated rings. The lowest BCUT2D eigenvalue weighted by atomic mass is 10.1. The van der Waals surface area contributed by atoms with Crippen LogP contribution in [-0.4, -0.2) is 22.0 Å². The van der Waals surface area contributed by atoms with Gasteiger partial charge in [-0.25, -0.2) is 9.78 Å². The van der Waals surface area contributed by atoms with Crippen LogP contribution in [0.1, 0.15) is 26.4 Å². The van der Waals surface area contributed by atoms with Gasteiger partial charge in [0.1, 0.15) is 5.69 Å². The highest BCUT2D eigenvalue weighted by Gasteiger charge is 2.12. The van der Waals surface area contributed by atoms with Crippen molar-refractivity contribution in [1.29, 1.82) is 0 Å². The van der Waals surface area contributed by atoms with Crippen molar-refractivity contribution >= 4 is 29.2 Å². The van der Waals surface area contributed by atoms with E-state index in [4.69, 9.17) is 16.7 Å². The van der Waals surface area contributed by atoms with Gasteiger partial charge in [-0.3, -0.25) is 4.79 Å². The van der Waals surface area contributed by atoms with E-state index >= 15 is 0 Å². The maximum Gasteiger partial charge on any atom is 0.354 e. The summed E-state index contributed by atoms with van der Waals surface area (Å²) < 4.78 is 0. The monoisotopic (exact) mass is 290 g/mol. The van der Waals surface area contributed by atoms with Crippen LogP contribution in [0.3, 0.4) is 0 Å². The predicted molar refractivity (Wildman–Crippen MR) is 75.3 cm³/mol. The number of hydrogen-bond acceptors (Lipinski definition) is 3. The average molecular weight is 291 g/mol. The maximum atomic E-state index is 12.1. The second kappa shape index (κ2) is 5.71. The van der Waals surface area contributed by atoms with Gasteiger partial charge in [0.25, 0.3) is 5.91 Å². The number of halogens is 1. The lowest BCUT2D eigenvalue weighted by Crippen LogP contribution is -2.14. The molecular formula is C14H11ClN2O3. The van der Waals surface area contributed by atoms with Gasteiger partial charge in [-0.2, -0.15) is 0 Å². The number of anilines is 1. The largest absolute Gasteiger partial charge is 0.477 e. The third-order valence-electron chi connectivity index (χ3n) is 2.75. The smallest absolute Gasteiger partial charge is 0.354 e. The van der Waals surface area contributed by atoms with Crippen LogP contribution in [0, 0.1) is 6.92 Å². The molecule has 2 rings (SSSR count). The zero-order valence-corrected chi connectivity index (χ0v) is 11.3. The van der Waals surface area contributed by atoms with Crippen LogP contribution in [0.2, 0.25) is 5.02 Å². The zero-order valence-electron chi connectivity index (χ0n) is 10.6. The minimum Gasteiger partial charge on any atom is -0.477 e. The van der Waals surface area contributed by atoms with Gasteiger partial charge in [0.2, 0.25) is 0 Å². The number of nitrogens with one attached hydrogen (secondary N) is 1. The first-order valence-electron chi connectivity index (χ1n) is 5.75. The van der Waals surface area contributed by atoms with Gasteiger partial charge in [0.05, 0.1) is 0 Å². The summed E-state index contributed by atoms with van der Waals surface area (Å²) in [6.45, 7) is 1.74. The van der Waals surface area contributed by atoms with Crippen LogP contribution < -0.4 is 5.32 Å². The molecule has 0 radical (unpaired) electrons. The molecule has 0 saturated carbocycles. The van der Waals surface area contributed by atoms with Crippen molar-refractivity contribution in [2.24, 2.45) is 0 Å². The van der Waals surface area contributed by atoms with Crippen molar-refractivity contribution in [2.45, 2.75) is 6.92 Å². The van der Waals surface area contributed by atoms with Gasteiger partial charge in [-0.1, -0.05) is 17.7 Å². The van der Waals surface area contributed by atoms with Crippen LogP contribution in [0.15, 0.2) is 36.5 Å². The maximum absolute atomic E-state index is 12.1. The number of pyridine rings is 1.